The van der Waals surface area contributed by atoms with Crippen LogP contribution in [0, 0.1) is 0 Å². The number of ketones is 1. The van der Waals surface area contributed by atoms with Crippen LogP contribution in [-0.2, 0) is 0 Å². The maximum absolute atomic E-state index is 11.1. The van der Waals surface area contributed by atoms with E-state index in [0.717, 1.165) is 6.21 Å². The number of hydrogen-bond donors (Lipinski definition) is 1. The van der Waals surface area contributed by atoms with Crippen molar-refractivity contribution in [3.63, 3.8) is 0 Å². The van der Waals surface area contributed by atoms with Crippen LogP contribution < -0.4 is 4.74 Å². The Morgan fingerprint density at radius 3 is 2.92 bits per heavy atom. The molecule has 1 aromatic rings. The van der Waals surface area contributed by atoms with E-state index in [1.165, 1.54) is 19.4 Å². The number of oxime groups is 1. The largest absolute Gasteiger partial charge is 0.481 e. The van der Waals surface area contributed by atoms with Crippen molar-refractivity contribution in [2.24, 2.45) is 5.16 Å². The first-order valence-corrected chi connectivity index (χ1v) is 3.49. The van der Waals surface area contributed by atoms with Gasteiger partial charge in [0.25, 0.3) is 0 Å². The van der Waals surface area contributed by atoms with Gasteiger partial charge in [0.2, 0.25) is 11.7 Å². The van der Waals surface area contributed by atoms with E-state index in [4.69, 9.17) is 9.94 Å². The van der Waals surface area contributed by atoms with Gasteiger partial charge >= 0.3 is 0 Å². The number of hydrogen-bond acceptors (Lipinski definition) is 5. The van der Waals surface area contributed by atoms with Crippen molar-refractivity contribution in [3.05, 3.63) is 23.9 Å². The highest BCUT2D eigenvalue weighted by molar-refractivity contribution is 6.35. The number of carbonyl (C=O) groups is 1. The molecule has 1 heterocycles. The average molecular weight is 180 g/mol. The summed E-state index contributed by atoms with van der Waals surface area (Å²) in [5.74, 6) is 0.0233. The third-order valence-electron chi connectivity index (χ3n) is 1.40. The summed E-state index contributed by atoms with van der Waals surface area (Å²) in [4.78, 5) is 14.9. The second-order valence-corrected chi connectivity index (χ2v) is 2.20. The van der Waals surface area contributed by atoms with Crippen LogP contribution in [0.3, 0.4) is 0 Å². The molecule has 68 valence electrons. The van der Waals surface area contributed by atoms with Crippen LogP contribution in [-0.4, -0.2) is 29.3 Å². The highest BCUT2D eigenvalue weighted by Gasteiger charge is 2.02. The van der Waals surface area contributed by atoms with Gasteiger partial charge in [-0.05, 0) is 6.07 Å². The van der Waals surface area contributed by atoms with Crippen LogP contribution in [0.2, 0.25) is 0 Å². The minimum atomic E-state index is -0.405. The Labute approximate surface area is 74.7 Å². The van der Waals surface area contributed by atoms with Gasteiger partial charge in [-0.25, -0.2) is 4.98 Å². The highest BCUT2D eigenvalue weighted by Crippen LogP contribution is 2.06. The normalized spacial score (nSPS) is 10.2. The molecule has 0 spiro atoms. The molecular weight excluding hydrogens is 172 g/mol. The molecule has 5 nitrogen and oxygen atoms in total. The Bertz CT molecular complexity index is 319. The predicted molar refractivity (Wildman–Crippen MR) is 45.4 cm³/mol. The zero-order valence-corrected chi connectivity index (χ0v) is 6.97. The van der Waals surface area contributed by atoms with Crippen LogP contribution >= 0.6 is 0 Å². The Morgan fingerprint density at radius 1 is 1.69 bits per heavy atom. The first kappa shape index (κ1) is 9.18. The molecule has 0 aliphatic heterocycles. The smallest absolute Gasteiger partial charge is 0.212 e. The number of aromatic nitrogens is 1. The number of ether oxygens (including phenoxy) is 1. The van der Waals surface area contributed by atoms with Crippen LogP contribution in [0.25, 0.3) is 0 Å². The van der Waals surface area contributed by atoms with Crippen molar-refractivity contribution < 1.29 is 14.7 Å². The minimum Gasteiger partial charge on any atom is -0.481 e. The van der Waals surface area contributed by atoms with Gasteiger partial charge in [-0.1, -0.05) is 5.16 Å². The minimum absolute atomic E-state index is 0.346. The molecule has 0 unspecified atom stereocenters. The summed E-state index contributed by atoms with van der Waals surface area (Å²) < 4.78 is 4.80. The fraction of sp³-hybridized carbons (Fsp3) is 0.125. The van der Waals surface area contributed by atoms with E-state index in [1.807, 2.05) is 0 Å². The van der Waals surface area contributed by atoms with Crippen LogP contribution in [0.5, 0.6) is 5.88 Å². The van der Waals surface area contributed by atoms with Crippen LogP contribution in [0.4, 0.5) is 0 Å². The predicted octanol–water partition coefficient (Wildman–Crippen LogP) is 0.733. The highest BCUT2D eigenvalue weighted by atomic mass is 16.5. The van der Waals surface area contributed by atoms with Crippen molar-refractivity contribution >= 4 is 12.0 Å². The molecule has 0 aromatic carbocycles. The van der Waals surface area contributed by atoms with Crippen LogP contribution in [0.1, 0.15) is 10.4 Å². The maximum atomic E-state index is 11.1. The number of methoxy groups -OCH3 is 1. The first-order valence-electron chi connectivity index (χ1n) is 3.49. The molecule has 0 fully saturated rings. The van der Waals surface area contributed by atoms with E-state index < -0.39 is 5.78 Å². The van der Waals surface area contributed by atoms with E-state index in [9.17, 15) is 4.79 Å². The van der Waals surface area contributed by atoms with Crippen molar-refractivity contribution in [2.45, 2.75) is 0 Å². The van der Waals surface area contributed by atoms with E-state index in [-0.39, 0.29) is 0 Å². The Morgan fingerprint density at radius 2 is 2.46 bits per heavy atom. The number of carbonyl (C=O) groups excluding carboxylic acids is 1. The van der Waals surface area contributed by atoms with E-state index in [2.05, 4.69) is 10.1 Å². The molecule has 1 rings (SSSR count). The number of nitrogens with zero attached hydrogens (tertiary/aromatic N) is 2. The third kappa shape index (κ3) is 2.26. The summed E-state index contributed by atoms with van der Waals surface area (Å²) in [5.41, 5.74) is 0.346. The van der Waals surface area contributed by atoms with E-state index in [0.29, 0.717) is 11.4 Å². The molecule has 1 N–H and O–H groups in total. The standard InChI is InChI=1S/C8H8N2O3/c1-13-8-3-2-6(4-9-8)7(11)5-10-12/h2-5,12H,1H3/b10-5-. The van der Waals surface area contributed by atoms with Gasteiger partial charge in [0.05, 0.1) is 7.11 Å². The number of Topliss-reactive ketones (excluding diaryl/α,β-unsaturated/α-hetero) is 1. The lowest BCUT2D eigenvalue weighted by molar-refractivity contribution is 0.106. The lowest BCUT2D eigenvalue weighted by atomic mass is 10.2. The molecule has 0 saturated heterocycles. The Hall–Kier alpha value is -1.91. The number of rotatable bonds is 3. The van der Waals surface area contributed by atoms with Gasteiger partial charge in [0.15, 0.2) is 0 Å². The Kier molecular flexibility index (Phi) is 2.97. The van der Waals surface area contributed by atoms with Crippen molar-refractivity contribution in [2.75, 3.05) is 7.11 Å². The van der Waals surface area contributed by atoms with E-state index >= 15 is 0 Å². The summed E-state index contributed by atoms with van der Waals surface area (Å²) in [6.45, 7) is 0. The molecule has 0 radical (unpaired) electrons. The molecule has 0 saturated carbocycles. The lowest BCUT2D eigenvalue weighted by Gasteiger charge is -1.97. The maximum Gasteiger partial charge on any atom is 0.212 e. The SMILES string of the molecule is COc1ccc(C(=O)/C=N\O)cn1. The monoisotopic (exact) mass is 180 g/mol. The molecule has 0 aliphatic rings. The van der Waals surface area contributed by atoms with Gasteiger partial charge in [0.1, 0.15) is 6.21 Å². The molecule has 1 aromatic heterocycles. The van der Waals surface area contributed by atoms with Gasteiger partial charge < -0.3 is 9.94 Å². The summed E-state index contributed by atoms with van der Waals surface area (Å²) in [6, 6.07) is 3.09. The van der Waals surface area contributed by atoms with Crippen molar-refractivity contribution in [3.8, 4) is 5.88 Å². The molecule has 0 bridgehead atoms. The molecular formula is C8H8N2O3. The summed E-state index contributed by atoms with van der Waals surface area (Å²) in [7, 11) is 1.49. The zero-order valence-electron chi connectivity index (χ0n) is 6.97. The third-order valence-corrected chi connectivity index (χ3v) is 1.40. The Balaban J connectivity index is 2.85. The van der Waals surface area contributed by atoms with Gasteiger partial charge in [0, 0.05) is 17.8 Å². The fourth-order valence-electron chi connectivity index (χ4n) is 0.774. The molecule has 0 atom stereocenters. The molecule has 13 heavy (non-hydrogen) atoms. The average Bonchev–Trinajstić information content (AvgIpc) is 2.18. The quantitative estimate of drug-likeness (QED) is 0.322. The first-order chi connectivity index (χ1) is 6.27. The lowest BCUT2D eigenvalue weighted by Crippen LogP contribution is -2.01. The molecule has 0 amide bonds. The molecule has 0 aliphatic carbocycles. The van der Waals surface area contributed by atoms with Crippen LogP contribution in [0.15, 0.2) is 23.5 Å². The molecule has 5 heteroatoms. The van der Waals surface area contributed by atoms with Crippen molar-refractivity contribution in [1.29, 1.82) is 0 Å². The fourth-order valence-corrected chi connectivity index (χ4v) is 0.774. The topological polar surface area (TPSA) is 71.8 Å². The number of pyridine rings is 1. The van der Waals surface area contributed by atoms with Gasteiger partial charge in [-0.2, -0.15) is 0 Å². The van der Waals surface area contributed by atoms with E-state index in [1.54, 1.807) is 6.07 Å². The van der Waals surface area contributed by atoms with Gasteiger partial charge in [-0.15, -0.1) is 0 Å². The second kappa shape index (κ2) is 4.20. The summed E-state index contributed by atoms with van der Waals surface area (Å²) >= 11 is 0. The summed E-state index contributed by atoms with van der Waals surface area (Å²) in [5, 5.41) is 10.7. The summed E-state index contributed by atoms with van der Waals surface area (Å²) in [6.07, 6.45) is 2.16. The van der Waals surface area contributed by atoms with Crippen molar-refractivity contribution in [1.82, 2.24) is 4.98 Å². The van der Waals surface area contributed by atoms with Gasteiger partial charge in [-0.3, -0.25) is 4.79 Å². The second-order valence-electron chi connectivity index (χ2n) is 2.20. The zero-order chi connectivity index (χ0) is 9.68.